The van der Waals surface area contributed by atoms with E-state index in [1.165, 1.54) is 0 Å². The van der Waals surface area contributed by atoms with E-state index in [9.17, 15) is 0 Å². The standard InChI is InChI=1S/C15H21N5O/c1-12-3-4-13-14(19-12)15(18-11-17-13)16-5-2-6-20-7-9-21-10-8-20/h3-4,11H,2,5-10H2,1H3,(H,16,17,18). The summed E-state index contributed by atoms with van der Waals surface area (Å²) in [6.07, 6.45) is 2.67. The lowest BCUT2D eigenvalue weighted by molar-refractivity contribution is 0.0378. The van der Waals surface area contributed by atoms with Gasteiger partial charge in [0, 0.05) is 25.3 Å². The number of anilines is 1. The molecule has 0 saturated carbocycles. The van der Waals surface area contributed by atoms with Crippen LogP contribution in [0.3, 0.4) is 0 Å². The second kappa shape index (κ2) is 6.78. The highest BCUT2D eigenvalue weighted by Crippen LogP contribution is 2.16. The molecule has 0 bridgehead atoms. The summed E-state index contributed by atoms with van der Waals surface area (Å²) in [7, 11) is 0. The molecule has 6 heteroatoms. The molecule has 6 nitrogen and oxygen atoms in total. The fraction of sp³-hybridized carbons (Fsp3) is 0.533. The number of aryl methyl sites for hydroxylation is 1. The maximum atomic E-state index is 5.35. The van der Waals surface area contributed by atoms with Crippen molar-refractivity contribution in [3.05, 3.63) is 24.2 Å². The van der Waals surface area contributed by atoms with Gasteiger partial charge < -0.3 is 10.1 Å². The zero-order valence-electron chi connectivity index (χ0n) is 12.4. The second-order valence-corrected chi connectivity index (χ2v) is 5.28. The molecule has 21 heavy (non-hydrogen) atoms. The average molecular weight is 287 g/mol. The molecule has 0 aliphatic carbocycles. The molecule has 112 valence electrons. The molecule has 1 saturated heterocycles. The Hall–Kier alpha value is -1.79. The van der Waals surface area contributed by atoms with E-state index < -0.39 is 0 Å². The lowest BCUT2D eigenvalue weighted by atomic mass is 10.3. The first-order chi connectivity index (χ1) is 10.3. The van der Waals surface area contributed by atoms with E-state index in [0.717, 1.165) is 68.4 Å². The molecule has 3 heterocycles. The molecular weight excluding hydrogens is 266 g/mol. The molecule has 1 fully saturated rings. The van der Waals surface area contributed by atoms with Crippen LogP contribution in [0.2, 0.25) is 0 Å². The van der Waals surface area contributed by atoms with Crippen molar-refractivity contribution in [2.45, 2.75) is 13.3 Å². The fourth-order valence-corrected chi connectivity index (χ4v) is 2.50. The van der Waals surface area contributed by atoms with Crippen LogP contribution in [0, 0.1) is 6.92 Å². The molecule has 1 aliphatic heterocycles. The van der Waals surface area contributed by atoms with Gasteiger partial charge in [0.1, 0.15) is 11.8 Å². The van der Waals surface area contributed by atoms with E-state index >= 15 is 0 Å². The number of hydrogen-bond acceptors (Lipinski definition) is 6. The fourth-order valence-electron chi connectivity index (χ4n) is 2.50. The number of aromatic nitrogens is 3. The summed E-state index contributed by atoms with van der Waals surface area (Å²) in [4.78, 5) is 15.5. The Kier molecular flexibility index (Phi) is 4.57. The number of nitrogens with zero attached hydrogens (tertiary/aromatic N) is 4. The van der Waals surface area contributed by atoms with Crippen LogP contribution >= 0.6 is 0 Å². The lowest BCUT2D eigenvalue weighted by Gasteiger charge is -2.26. The Labute approximate surface area is 124 Å². The molecule has 0 atom stereocenters. The zero-order valence-corrected chi connectivity index (χ0v) is 12.4. The van der Waals surface area contributed by atoms with Crippen molar-refractivity contribution >= 4 is 16.9 Å². The van der Waals surface area contributed by atoms with Crippen molar-refractivity contribution in [3.8, 4) is 0 Å². The van der Waals surface area contributed by atoms with Crippen LogP contribution in [0.1, 0.15) is 12.1 Å². The van der Waals surface area contributed by atoms with Crippen molar-refractivity contribution in [1.29, 1.82) is 0 Å². The number of morpholine rings is 1. The normalized spacial score (nSPS) is 16.2. The Morgan fingerprint density at radius 3 is 2.95 bits per heavy atom. The Morgan fingerprint density at radius 1 is 1.24 bits per heavy atom. The van der Waals surface area contributed by atoms with Crippen LogP contribution in [0.25, 0.3) is 11.0 Å². The van der Waals surface area contributed by atoms with Crippen molar-refractivity contribution in [3.63, 3.8) is 0 Å². The van der Waals surface area contributed by atoms with Crippen LogP contribution in [0.5, 0.6) is 0 Å². The third-order valence-electron chi connectivity index (χ3n) is 3.67. The molecule has 0 spiro atoms. The van der Waals surface area contributed by atoms with Crippen LogP contribution in [0.4, 0.5) is 5.82 Å². The molecule has 1 N–H and O–H groups in total. The first kappa shape index (κ1) is 14.2. The molecule has 1 aliphatic rings. The quantitative estimate of drug-likeness (QED) is 0.840. The van der Waals surface area contributed by atoms with Crippen LogP contribution in [0.15, 0.2) is 18.5 Å². The molecular formula is C15H21N5O. The second-order valence-electron chi connectivity index (χ2n) is 5.28. The predicted molar refractivity (Wildman–Crippen MR) is 82.4 cm³/mol. The number of fused-ring (bicyclic) bond motifs is 1. The van der Waals surface area contributed by atoms with Crippen LogP contribution in [-0.4, -0.2) is 59.2 Å². The summed E-state index contributed by atoms with van der Waals surface area (Å²) in [5.74, 6) is 0.825. The van der Waals surface area contributed by atoms with E-state index in [4.69, 9.17) is 4.74 Å². The highest BCUT2D eigenvalue weighted by atomic mass is 16.5. The Morgan fingerprint density at radius 2 is 2.10 bits per heavy atom. The molecule has 2 aromatic heterocycles. The predicted octanol–water partition coefficient (Wildman–Crippen LogP) is 1.47. The van der Waals surface area contributed by atoms with Gasteiger partial charge in [-0.25, -0.2) is 15.0 Å². The van der Waals surface area contributed by atoms with Gasteiger partial charge in [-0.3, -0.25) is 4.90 Å². The minimum absolute atomic E-state index is 0.825. The number of rotatable bonds is 5. The SMILES string of the molecule is Cc1ccc2ncnc(NCCCN3CCOCC3)c2n1. The molecule has 0 radical (unpaired) electrons. The number of hydrogen-bond donors (Lipinski definition) is 1. The molecule has 0 aromatic carbocycles. The van der Waals surface area contributed by atoms with E-state index in [1.54, 1.807) is 6.33 Å². The van der Waals surface area contributed by atoms with E-state index in [-0.39, 0.29) is 0 Å². The average Bonchev–Trinajstić information content (AvgIpc) is 2.53. The van der Waals surface area contributed by atoms with Crippen LogP contribution < -0.4 is 5.32 Å². The molecule has 0 amide bonds. The van der Waals surface area contributed by atoms with Crippen LogP contribution in [-0.2, 0) is 4.74 Å². The van der Waals surface area contributed by atoms with Gasteiger partial charge in [0.15, 0.2) is 5.82 Å². The highest BCUT2D eigenvalue weighted by Gasteiger charge is 2.09. The zero-order chi connectivity index (χ0) is 14.5. The monoisotopic (exact) mass is 287 g/mol. The third-order valence-corrected chi connectivity index (χ3v) is 3.67. The summed E-state index contributed by atoms with van der Waals surface area (Å²) in [6.45, 7) is 7.74. The topological polar surface area (TPSA) is 63.2 Å². The van der Waals surface area contributed by atoms with E-state index in [2.05, 4.69) is 25.2 Å². The summed E-state index contributed by atoms with van der Waals surface area (Å²) in [6, 6.07) is 3.95. The summed E-state index contributed by atoms with van der Waals surface area (Å²) >= 11 is 0. The van der Waals surface area contributed by atoms with E-state index in [0.29, 0.717) is 0 Å². The first-order valence-electron chi connectivity index (χ1n) is 7.45. The largest absolute Gasteiger partial charge is 0.379 e. The van der Waals surface area contributed by atoms with Gasteiger partial charge in [-0.1, -0.05) is 0 Å². The maximum absolute atomic E-state index is 5.35. The number of pyridine rings is 1. The number of ether oxygens (including phenoxy) is 1. The lowest BCUT2D eigenvalue weighted by Crippen LogP contribution is -2.37. The van der Waals surface area contributed by atoms with Gasteiger partial charge >= 0.3 is 0 Å². The summed E-state index contributed by atoms with van der Waals surface area (Å²) in [5, 5.41) is 3.38. The van der Waals surface area contributed by atoms with Gasteiger partial charge in [-0.15, -0.1) is 0 Å². The van der Waals surface area contributed by atoms with Gasteiger partial charge in [0.05, 0.1) is 18.7 Å². The Bertz CT molecular complexity index is 598. The van der Waals surface area contributed by atoms with E-state index in [1.807, 2.05) is 19.1 Å². The highest BCUT2D eigenvalue weighted by molar-refractivity contribution is 5.84. The van der Waals surface area contributed by atoms with Gasteiger partial charge in [0.25, 0.3) is 0 Å². The van der Waals surface area contributed by atoms with Crippen molar-refractivity contribution in [2.75, 3.05) is 44.7 Å². The van der Waals surface area contributed by atoms with Crippen molar-refractivity contribution < 1.29 is 4.74 Å². The van der Waals surface area contributed by atoms with Gasteiger partial charge in [-0.2, -0.15) is 0 Å². The minimum Gasteiger partial charge on any atom is -0.379 e. The summed E-state index contributed by atoms with van der Waals surface area (Å²) in [5.41, 5.74) is 2.71. The number of nitrogens with one attached hydrogen (secondary N) is 1. The van der Waals surface area contributed by atoms with Crippen molar-refractivity contribution in [1.82, 2.24) is 19.9 Å². The van der Waals surface area contributed by atoms with Gasteiger partial charge in [-0.05, 0) is 32.0 Å². The Balaban J connectivity index is 1.56. The smallest absolute Gasteiger partial charge is 0.156 e. The first-order valence-corrected chi connectivity index (χ1v) is 7.45. The summed E-state index contributed by atoms with van der Waals surface area (Å²) < 4.78 is 5.35. The third kappa shape index (κ3) is 3.65. The van der Waals surface area contributed by atoms with Gasteiger partial charge in [0.2, 0.25) is 0 Å². The van der Waals surface area contributed by atoms with Crippen molar-refractivity contribution in [2.24, 2.45) is 0 Å². The maximum Gasteiger partial charge on any atom is 0.156 e. The molecule has 3 rings (SSSR count). The molecule has 2 aromatic rings. The minimum atomic E-state index is 0.825. The molecule has 0 unspecified atom stereocenters.